The minimum Gasteiger partial charge on any atom is -0.388 e. The van der Waals surface area contributed by atoms with Crippen molar-refractivity contribution in [2.45, 2.75) is 77.9 Å². The van der Waals surface area contributed by atoms with E-state index in [1.54, 1.807) is 0 Å². The normalized spacial score (nSPS) is 22.2. The fraction of sp³-hybridized carbons (Fsp3) is 0.708. The van der Waals surface area contributed by atoms with Gasteiger partial charge in [0.05, 0.1) is 0 Å². The summed E-state index contributed by atoms with van der Waals surface area (Å²) in [6, 6.07) is 0.829. The predicted molar refractivity (Wildman–Crippen MR) is 132 cm³/mol. The number of carbonyl (C=O) groups is 1. The lowest BCUT2D eigenvalue weighted by atomic mass is 9.85. The van der Waals surface area contributed by atoms with Crippen molar-refractivity contribution in [1.29, 1.82) is 10.8 Å². The molecule has 1 saturated heterocycles. The van der Waals surface area contributed by atoms with E-state index in [0.717, 1.165) is 51.9 Å². The highest BCUT2D eigenvalue weighted by Crippen LogP contribution is 2.31. The van der Waals surface area contributed by atoms with Gasteiger partial charge in [-0.1, -0.05) is 26.3 Å². The van der Waals surface area contributed by atoms with Gasteiger partial charge in [0.25, 0.3) is 5.91 Å². The minimum atomic E-state index is -0.479. The summed E-state index contributed by atoms with van der Waals surface area (Å²) >= 11 is 0. The number of nitrogens with zero attached hydrogens (tertiary/aromatic N) is 2. The van der Waals surface area contributed by atoms with Gasteiger partial charge >= 0.3 is 0 Å². The summed E-state index contributed by atoms with van der Waals surface area (Å²) in [5, 5.41) is 25.6. The van der Waals surface area contributed by atoms with Crippen molar-refractivity contribution >= 4 is 17.7 Å². The SMILES string of the molecule is C=CCC(CC1=CNC(CC)C1CCC)NC(=O)C(=N)NC(=N)N1CCN(C(C)C)CC1. The van der Waals surface area contributed by atoms with Crippen molar-refractivity contribution in [1.82, 2.24) is 25.8 Å². The number of guanidine groups is 1. The second-order valence-corrected chi connectivity index (χ2v) is 9.16. The Morgan fingerprint density at radius 1 is 1.28 bits per heavy atom. The first-order valence-corrected chi connectivity index (χ1v) is 12.1. The maximum atomic E-state index is 12.7. The van der Waals surface area contributed by atoms with E-state index in [0.29, 0.717) is 24.4 Å². The Labute approximate surface area is 193 Å². The average molecular weight is 446 g/mol. The van der Waals surface area contributed by atoms with Crippen molar-refractivity contribution < 1.29 is 4.79 Å². The quantitative estimate of drug-likeness (QED) is 0.213. The Kier molecular flexibility index (Phi) is 10.2. The lowest BCUT2D eigenvalue weighted by Gasteiger charge is -2.37. The number of hydrogen-bond donors (Lipinski definition) is 5. The summed E-state index contributed by atoms with van der Waals surface area (Å²) in [6.07, 6.45) is 8.64. The van der Waals surface area contributed by atoms with Gasteiger partial charge in [0.1, 0.15) is 0 Å². The summed E-state index contributed by atoms with van der Waals surface area (Å²) < 4.78 is 0. The molecule has 0 aromatic carbocycles. The van der Waals surface area contributed by atoms with Crippen LogP contribution in [0.3, 0.4) is 0 Å². The van der Waals surface area contributed by atoms with Gasteiger partial charge in [-0.05, 0) is 51.3 Å². The first-order valence-electron chi connectivity index (χ1n) is 12.1. The molecule has 8 nitrogen and oxygen atoms in total. The third kappa shape index (κ3) is 7.08. The highest BCUT2D eigenvalue weighted by Gasteiger charge is 2.29. The largest absolute Gasteiger partial charge is 0.388 e. The molecule has 0 radical (unpaired) electrons. The first-order chi connectivity index (χ1) is 15.3. The molecule has 3 unspecified atom stereocenters. The minimum absolute atomic E-state index is 0.116. The molecule has 5 N–H and O–H groups in total. The van der Waals surface area contributed by atoms with Crippen molar-refractivity contribution in [3.8, 4) is 0 Å². The highest BCUT2D eigenvalue weighted by atomic mass is 16.2. The average Bonchev–Trinajstić information content (AvgIpc) is 3.15. The van der Waals surface area contributed by atoms with Crippen molar-refractivity contribution in [2.24, 2.45) is 5.92 Å². The third-order valence-electron chi connectivity index (χ3n) is 6.58. The number of rotatable bonds is 9. The molecule has 0 aromatic heterocycles. The Hall–Kier alpha value is -2.35. The second kappa shape index (κ2) is 12.6. The number of piperazine rings is 1. The van der Waals surface area contributed by atoms with E-state index in [1.165, 1.54) is 5.57 Å². The molecule has 32 heavy (non-hydrogen) atoms. The van der Waals surface area contributed by atoms with Crippen LogP contribution in [0.1, 0.15) is 59.8 Å². The molecule has 1 amide bonds. The van der Waals surface area contributed by atoms with E-state index in [-0.39, 0.29) is 17.8 Å². The van der Waals surface area contributed by atoms with Crippen LogP contribution in [-0.2, 0) is 4.79 Å². The zero-order valence-electron chi connectivity index (χ0n) is 20.3. The van der Waals surface area contributed by atoms with Gasteiger partial charge in [0.15, 0.2) is 11.8 Å². The third-order valence-corrected chi connectivity index (χ3v) is 6.58. The van der Waals surface area contributed by atoms with Gasteiger partial charge in [-0.2, -0.15) is 0 Å². The smallest absolute Gasteiger partial charge is 0.286 e. The van der Waals surface area contributed by atoms with Crippen LogP contribution in [0.4, 0.5) is 0 Å². The van der Waals surface area contributed by atoms with Gasteiger partial charge in [-0.25, -0.2) is 0 Å². The number of nitrogens with one attached hydrogen (secondary N) is 5. The molecule has 0 aliphatic carbocycles. The second-order valence-electron chi connectivity index (χ2n) is 9.16. The predicted octanol–water partition coefficient (Wildman–Crippen LogP) is 2.65. The van der Waals surface area contributed by atoms with Gasteiger partial charge in [0, 0.05) is 50.2 Å². The summed E-state index contributed by atoms with van der Waals surface area (Å²) in [5.74, 6) is -0.159. The molecule has 3 atom stereocenters. The van der Waals surface area contributed by atoms with E-state index in [1.807, 2.05) is 11.0 Å². The maximum Gasteiger partial charge on any atom is 0.286 e. The molecular formula is C24H43N7O. The lowest BCUT2D eigenvalue weighted by molar-refractivity contribution is -0.115. The van der Waals surface area contributed by atoms with Gasteiger partial charge < -0.3 is 20.9 Å². The number of carbonyl (C=O) groups excluding carboxylic acids is 1. The molecule has 0 spiro atoms. The molecule has 2 rings (SSSR count). The van der Waals surface area contributed by atoms with Crippen LogP contribution in [0.2, 0.25) is 0 Å². The fourth-order valence-electron chi connectivity index (χ4n) is 4.66. The Morgan fingerprint density at radius 3 is 2.53 bits per heavy atom. The van der Waals surface area contributed by atoms with Crippen LogP contribution >= 0.6 is 0 Å². The van der Waals surface area contributed by atoms with Crippen molar-refractivity contribution in [2.75, 3.05) is 26.2 Å². The van der Waals surface area contributed by atoms with Crippen LogP contribution < -0.4 is 16.0 Å². The van der Waals surface area contributed by atoms with E-state index >= 15 is 0 Å². The number of amides is 1. The fourth-order valence-corrected chi connectivity index (χ4v) is 4.66. The molecular weight excluding hydrogens is 402 g/mol. The topological polar surface area (TPSA) is 107 Å². The summed E-state index contributed by atoms with van der Waals surface area (Å²) in [5.41, 5.74) is 1.33. The summed E-state index contributed by atoms with van der Waals surface area (Å²) in [7, 11) is 0. The molecule has 2 aliphatic rings. The van der Waals surface area contributed by atoms with Gasteiger partial charge in [0.2, 0.25) is 0 Å². The van der Waals surface area contributed by atoms with Crippen molar-refractivity contribution in [3.63, 3.8) is 0 Å². The van der Waals surface area contributed by atoms with Gasteiger partial charge in [-0.15, -0.1) is 6.58 Å². The van der Waals surface area contributed by atoms with Crippen LogP contribution in [0.5, 0.6) is 0 Å². The number of amidine groups is 1. The highest BCUT2D eigenvalue weighted by molar-refractivity contribution is 6.39. The van der Waals surface area contributed by atoms with E-state index in [9.17, 15) is 4.79 Å². The maximum absolute atomic E-state index is 12.7. The van der Waals surface area contributed by atoms with Gasteiger partial charge in [-0.3, -0.25) is 20.5 Å². The zero-order valence-corrected chi connectivity index (χ0v) is 20.3. The van der Waals surface area contributed by atoms with Crippen LogP contribution in [-0.4, -0.2) is 71.8 Å². The Morgan fingerprint density at radius 2 is 1.97 bits per heavy atom. The molecule has 2 aliphatic heterocycles. The molecule has 0 saturated carbocycles. The molecule has 2 heterocycles. The summed E-state index contributed by atoms with van der Waals surface area (Å²) in [4.78, 5) is 16.9. The number of hydrogen-bond acceptors (Lipinski definition) is 5. The van der Waals surface area contributed by atoms with E-state index < -0.39 is 5.91 Å². The van der Waals surface area contributed by atoms with Crippen molar-refractivity contribution in [3.05, 3.63) is 24.4 Å². The first kappa shape index (κ1) is 25.9. The molecule has 180 valence electrons. The standard InChI is InChI=1S/C24H43N7O/c1-6-9-19(15-18-16-27-21(8-3)20(18)10-7-2)28-23(32)22(25)29-24(26)31-13-11-30(12-14-31)17(4)5/h6,16-17,19-21,27H,1,7-15H2,2-5H3,(H,28,32)(H3,25,26,29). The van der Waals surface area contributed by atoms with Crippen LogP contribution in [0, 0.1) is 16.7 Å². The molecule has 8 heteroatoms. The van der Waals surface area contributed by atoms with Crippen LogP contribution in [0.15, 0.2) is 24.4 Å². The Balaban J connectivity index is 1.88. The lowest BCUT2D eigenvalue weighted by Crippen LogP contribution is -2.56. The monoisotopic (exact) mass is 445 g/mol. The molecule has 0 aromatic rings. The zero-order chi connectivity index (χ0) is 23.7. The Bertz CT molecular complexity index is 694. The van der Waals surface area contributed by atoms with Crippen LogP contribution in [0.25, 0.3) is 0 Å². The molecule has 0 bridgehead atoms. The van der Waals surface area contributed by atoms with E-state index in [2.05, 4.69) is 61.3 Å². The van der Waals surface area contributed by atoms with E-state index in [4.69, 9.17) is 10.8 Å². The summed E-state index contributed by atoms with van der Waals surface area (Å²) in [6.45, 7) is 15.8. The molecule has 1 fully saturated rings.